The minimum Gasteiger partial charge on any atom is -0.0804 e. The fourth-order valence-electron chi connectivity index (χ4n) is 3.33. The molecule has 0 N–H and O–H groups in total. The Morgan fingerprint density at radius 3 is 1.80 bits per heavy atom. The molecule has 0 saturated carbocycles. The standard InChI is InChI=1S/C20H20/c1-2-20(19-15-9-10-16-19,17-11-5-3-6-12-17)18-13-7-4-8-14-18/h3-9,11-16H,2,10H2,1H3. The van der Waals surface area contributed by atoms with Crippen LogP contribution in [0.1, 0.15) is 30.9 Å². The van der Waals surface area contributed by atoms with Crippen LogP contribution in [0.25, 0.3) is 0 Å². The van der Waals surface area contributed by atoms with Gasteiger partial charge in [-0.1, -0.05) is 85.8 Å². The Morgan fingerprint density at radius 2 is 1.40 bits per heavy atom. The molecular weight excluding hydrogens is 240 g/mol. The van der Waals surface area contributed by atoms with E-state index in [0.717, 1.165) is 12.8 Å². The zero-order valence-electron chi connectivity index (χ0n) is 11.9. The minimum absolute atomic E-state index is 0.0183. The fourth-order valence-corrected chi connectivity index (χ4v) is 3.33. The summed E-state index contributed by atoms with van der Waals surface area (Å²) in [5.74, 6) is 0. The molecule has 0 fully saturated rings. The van der Waals surface area contributed by atoms with Crippen LogP contribution in [-0.4, -0.2) is 0 Å². The van der Waals surface area contributed by atoms with Crippen LogP contribution in [0.5, 0.6) is 0 Å². The van der Waals surface area contributed by atoms with Gasteiger partial charge in [-0.15, -0.1) is 0 Å². The topological polar surface area (TPSA) is 0 Å². The Hall–Kier alpha value is -2.08. The van der Waals surface area contributed by atoms with Gasteiger partial charge < -0.3 is 0 Å². The highest BCUT2D eigenvalue weighted by atomic mass is 14.4. The lowest BCUT2D eigenvalue weighted by atomic mass is 9.67. The van der Waals surface area contributed by atoms with E-state index in [0.29, 0.717) is 0 Å². The maximum atomic E-state index is 2.36. The van der Waals surface area contributed by atoms with Crippen LogP contribution in [-0.2, 0) is 5.41 Å². The highest BCUT2D eigenvalue weighted by molar-refractivity contribution is 5.53. The highest BCUT2D eigenvalue weighted by Gasteiger charge is 2.35. The molecule has 0 aliphatic heterocycles. The number of rotatable bonds is 4. The molecular formula is C20H20. The molecule has 0 heterocycles. The van der Waals surface area contributed by atoms with E-state index in [9.17, 15) is 0 Å². The zero-order chi connectivity index (χ0) is 13.8. The van der Waals surface area contributed by atoms with Gasteiger partial charge in [0.05, 0.1) is 0 Å². The van der Waals surface area contributed by atoms with E-state index in [2.05, 4.69) is 85.8 Å². The van der Waals surface area contributed by atoms with E-state index < -0.39 is 0 Å². The van der Waals surface area contributed by atoms with Crippen molar-refractivity contribution in [2.24, 2.45) is 0 Å². The molecule has 20 heavy (non-hydrogen) atoms. The van der Waals surface area contributed by atoms with Gasteiger partial charge in [-0.05, 0) is 29.5 Å². The Labute approximate surface area is 121 Å². The summed E-state index contributed by atoms with van der Waals surface area (Å²) in [6.07, 6.45) is 9.03. The predicted molar refractivity (Wildman–Crippen MR) is 85.8 cm³/mol. The van der Waals surface area contributed by atoms with Crippen molar-refractivity contribution in [2.45, 2.75) is 25.2 Å². The second-order valence-electron chi connectivity index (χ2n) is 5.29. The van der Waals surface area contributed by atoms with Crippen LogP contribution in [0.3, 0.4) is 0 Å². The maximum Gasteiger partial charge on any atom is 0.0445 e. The van der Waals surface area contributed by atoms with Crippen LogP contribution >= 0.6 is 0 Å². The third-order valence-electron chi connectivity index (χ3n) is 4.33. The summed E-state index contributed by atoms with van der Waals surface area (Å²) in [6, 6.07) is 21.8. The van der Waals surface area contributed by atoms with Crippen LogP contribution in [0.2, 0.25) is 0 Å². The van der Waals surface area contributed by atoms with Crippen LogP contribution in [0.15, 0.2) is 84.5 Å². The first-order valence-corrected chi connectivity index (χ1v) is 7.36. The lowest BCUT2D eigenvalue weighted by Crippen LogP contribution is -2.28. The van der Waals surface area contributed by atoms with Gasteiger partial charge in [0.2, 0.25) is 0 Å². The summed E-state index contributed by atoms with van der Waals surface area (Å²) in [6.45, 7) is 2.28. The van der Waals surface area contributed by atoms with Gasteiger partial charge in [0.15, 0.2) is 0 Å². The van der Waals surface area contributed by atoms with Crippen LogP contribution < -0.4 is 0 Å². The molecule has 0 nitrogen and oxygen atoms in total. The molecule has 0 atom stereocenters. The monoisotopic (exact) mass is 260 g/mol. The van der Waals surface area contributed by atoms with Crippen LogP contribution in [0.4, 0.5) is 0 Å². The highest BCUT2D eigenvalue weighted by Crippen LogP contribution is 2.44. The molecule has 0 saturated heterocycles. The van der Waals surface area contributed by atoms with E-state index in [4.69, 9.17) is 0 Å². The van der Waals surface area contributed by atoms with Gasteiger partial charge >= 0.3 is 0 Å². The van der Waals surface area contributed by atoms with Crippen molar-refractivity contribution in [2.75, 3.05) is 0 Å². The lowest BCUT2D eigenvalue weighted by molar-refractivity contribution is 0.593. The van der Waals surface area contributed by atoms with Gasteiger partial charge in [0.1, 0.15) is 0 Å². The van der Waals surface area contributed by atoms with Crippen LogP contribution in [0, 0.1) is 0 Å². The second-order valence-corrected chi connectivity index (χ2v) is 5.29. The Bertz CT molecular complexity index is 578. The van der Waals surface area contributed by atoms with Crippen molar-refractivity contribution < 1.29 is 0 Å². The average Bonchev–Trinajstić information content (AvgIpc) is 3.06. The largest absolute Gasteiger partial charge is 0.0804 e. The van der Waals surface area contributed by atoms with E-state index in [1.54, 1.807) is 0 Å². The summed E-state index contributed by atoms with van der Waals surface area (Å²) < 4.78 is 0. The van der Waals surface area contributed by atoms with Gasteiger partial charge in [-0.3, -0.25) is 0 Å². The number of hydrogen-bond donors (Lipinski definition) is 0. The van der Waals surface area contributed by atoms with E-state index in [1.165, 1.54) is 16.7 Å². The molecule has 2 aromatic carbocycles. The zero-order valence-corrected chi connectivity index (χ0v) is 11.9. The SMILES string of the molecule is CCC(C1=CCC=C1)(c1ccccc1)c1ccccc1. The van der Waals surface area contributed by atoms with Crippen molar-refractivity contribution in [1.29, 1.82) is 0 Å². The molecule has 0 radical (unpaired) electrons. The average molecular weight is 260 g/mol. The van der Waals surface area contributed by atoms with Gasteiger partial charge in [-0.2, -0.15) is 0 Å². The van der Waals surface area contributed by atoms with Gasteiger partial charge in [-0.25, -0.2) is 0 Å². The second kappa shape index (κ2) is 5.50. The molecule has 1 aliphatic rings. The van der Waals surface area contributed by atoms with Gasteiger partial charge in [0.25, 0.3) is 0 Å². The molecule has 0 aromatic heterocycles. The molecule has 0 heteroatoms. The Kier molecular flexibility index (Phi) is 3.56. The number of allylic oxidation sites excluding steroid dienone is 4. The first kappa shape index (κ1) is 12.9. The summed E-state index contributed by atoms with van der Waals surface area (Å²) in [7, 11) is 0. The Balaban J connectivity index is 2.24. The summed E-state index contributed by atoms with van der Waals surface area (Å²) in [5.41, 5.74) is 4.17. The Morgan fingerprint density at radius 1 is 0.850 bits per heavy atom. The van der Waals surface area contributed by atoms with E-state index in [1.807, 2.05) is 0 Å². The van der Waals surface area contributed by atoms with Gasteiger partial charge in [0, 0.05) is 5.41 Å². The first-order valence-electron chi connectivity index (χ1n) is 7.36. The molecule has 0 unspecified atom stereocenters. The number of benzene rings is 2. The third-order valence-corrected chi connectivity index (χ3v) is 4.33. The molecule has 0 amide bonds. The van der Waals surface area contributed by atoms with Crippen molar-refractivity contribution in [1.82, 2.24) is 0 Å². The third kappa shape index (κ3) is 2.02. The smallest absolute Gasteiger partial charge is 0.0445 e. The summed E-state index contributed by atoms with van der Waals surface area (Å²) in [5, 5.41) is 0. The van der Waals surface area contributed by atoms with Crippen molar-refractivity contribution in [3.63, 3.8) is 0 Å². The molecule has 100 valence electrons. The van der Waals surface area contributed by atoms with Crippen molar-refractivity contribution in [3.05, 3.63) is 95.6 Å². The minimum atomic E-state index is -0.0183. The molecule has 1 aliphatic carbocycles. The quantitative estimate of drug-likeness (QED) is 0.702. The van der Waals surface area contributed by atoms with E-state index >= 15 is 0 Å². The van der Waals surface area contributed by atoms with Crippen molar-refractivity contribution >= 4 is 0 Å². The number of hydrogen-bond acceptors (Lipinski definition) is 0. The predicted octanol–water partition coefficient (Wildman–Crippen LogP) is 5.27. The molecule has 0 bridgehead atoms. The first-order chi connectivity index (χ1) is 9.88. The summed E-state index contributed by atoms with van der Waals surface area (Å²) in [4.78, 5) is 0. The van der Waals surface area contributed by atoms with E-state index in [-0.39, 0.29) is 5.41 Å². The summed E-state index contributed by atoms with van der Waals surface area (Å²) >= 11 is 0. The molecule has 3 rings (SSSR count). The molecule has 2 aromatic rings. The normalized spacial score (nSPS) is 14.3. The van der Waals surface area contributed by atoms with Crippen molar-refractivity contribution in [3.8, 4) is 0 Å². The maximum absolute atomic E-state index is 2.36. The molecule has 0 spiro atoms. The lowest BCUT2D eigenvalue weighted by Gasteiger charge is -2.35. The fraction of sp³-hybridized carbons (Fsp3) is 0.200.